The van der Waals surface area contributed by atoms with Gasteiger partial charge in [0.15, 0.2) is 0 Å². The first kappa shape index (κ1) is 19.7. The van der Waals surface area contributed by atoms with Crippen LogP contribution in [0.3, 0.4) is 0 Å². The normalized spacial score (nSPS) is 10.7. The fraction of sp³-hybridized carbons (Fsp3) is 0.350. The second-order valence-corrected chi connectivity index (χ2v) is 6.41. The average Bonchev–Trinajstić information content (AvgIpc) is 2.54. The summed E-state index contributed by atoms with van der Waals surface area (Å²) in [5.74, 6) is 0.0983. The van der Waals surface area contributed by atoms with E-state index in [0.29, 0.717) is 13.1 Å². The van der Waals surface area contributed by atoms with Crippen LogP contribution in [-0.4, -0.2) is 24.6 Å². The molecule has 2 aromatic rings. The van der Waals surface area contributed by atoms with Crippen LogP contribution in [0.1, 0.15) is 27.8 Å². The molecule has 0 saturated heterocycles. The van der Waals surface area contributed by atoms with Crippen molar-refractivity contribution in [1.29, 1.82) is 0 Å². The molecule has 2 rings (SSSR count). The van der Waals surface area contributed by atoms with Crippen LogP contribution in [-0.2, 0) is 13.1 Å². The molecule has 0 spiro atoms. The topological polar surface area (TPSA) is 41.6 Å². The van der Waals surface area contributed by atoms with Gasteiger partial charge in [-0.2, -0.15) is 8.78 Å². The quantitative estimate of drug-likeness (QED) is 0.819. The van der Waals surface area contributed by atoms with Crippen LogP contribution in [0.15, 0.2) is 36.4 Å². The molecule has 2 amide bonds. The maximum atomic E-state index is 12.3. The van der Waals surface area contributed by atoms with Crippen LogP contribution in [0.2, 0.25) is 0 Å². The average molecular weight is 362 g/mol. The summed E-state index contributed by atoms with van der Waals surface area (Å²) in [5.41, 5.74) is 5.45. The first-order valence-electron chi connectivity index (χ1n) is 8.35. The number of amides is 2. The van der Waals surface area contributed by atoms with E-state index >= 15 is 0 Å². The molecule has 6 heteroatoms. The van der Waals surface area contributed by atoms with E-state index in [1.807, 2.05) is 20.8 Å². The fourth-order valence-electron chi connectivity index (χ4n) is 2.91. The van der Waals surface area contributed by atoms with Crippen molar-refractivity contribution >= 4 is 6.03 Å². The third-order valence-electron chi connectivity index (χ3n) is 4.17. The Labute approximate surface area is 152 Å². The molecule has 140 valence electrons. The van der Waals surface area contributed by atoms with Crippen molar-refractivity contribution in [1.82, 2.24) is 10.2 Å². The Morgan fingerprint density at radius 1 is 1.12 bits per heavy atom. The van der Waals surface area contributed by atoms with Gasteiger partial charge >= 0.3 is 12.6 Å². The highest BCUT2D eigenvalue weighted by Gasteiger charge is 2.11. The van der Waals surface area contributed by atoms with Gasteiger partial charge in [0.2, 0.25) is 0 Å². The van der Waals surface area contributed by atoms with E-state index in [2.05, 4.69) is 22.2 Å². The van der Waals surface area contributed by atoms with E-state index in [4.69, 9.17) is 0 Å². The lowest BCUT2D eigenvalue weighted by Gasteiger charge is -2.19. The number of benzene rings is 2. The number of rotatable bonds is 6. The van der Waals surface area contributed by atoms with Gasteiger partial charge in [-0.1, -0.05) is 29.8 Å². The van der Waals surface area contributed by atoms with Crippen molar-refractivity contribution in [3.8, 4) is 5.75 Å². The Hall–Kier alpha value is -2.63. The molecule has 26 heavy (non-hydrogen) atoms. The largest absolute Gasteiger partial charge is 0.435 e. The molecule has 0 aliphatic carbocycles. The molecule has 0 radical (unpaired) electrons. The molecule has 0 fully saturated rings. The first-order chi connectivity index (χ1) is 12.3. The molecule has 2 aromatic carbocycles. The van der Waals surface area contributed by atoms with Crippen molar-refractivity contribution in [2.24, 2.45) is 0 Å². The number of aryl methyl sites for hydroxylation is 3. The van der Waals surface area contributed by atoms with E-state index in [9.17, 15) is 13.6 Å². The lowest BCUT2D eigenvalue weighted by Crippen LogP contribution is -2.36. The van der Waals surface area contributed by atoms with Gasteiger partial charge in [-0.15, -0.1) is 0 Å². The Balaban J connectivity index is 1.91. The van der Waals surface area contributed by atoms with Gasteiger partial charge in [0.05, 0.1) is 0 Å². The van der Waals surface area contributed by atoms with Gasteiger partial charge < -0.3 is 15.0 Å². The van der Waals surface area contributed by atoms with Gasteiger partial charge in [-0.05, 0) is 55.2 Å². The van der Waals surface area contributed by atoms with Gasteiger partial charge in [-0.3, -0.25) is 0 Å². The number of halogens is 2. The van der Waals surface area contributed by atoms with Crippen molar-refractivity contribution in [3.63, 3.8) is 0 Å². The van der Waals surface area contributed by atoms with Crippen LogP contribution >= 0.6 is 0 Å². The minimum absolute atomic E-state index is 0.0983. The molecular formula is C20H24F2N2O2. The molecule has 1 N–H and O–H groups in total. The van der Waals surface area contributed by atoms with Crippen LogP contribution in [0.4, 0.5) is 13.6 Å². The lowest BCUT2D eigenvalue weighted by molar-refractivity contribution is -0.0498. The summed E-state index contributed by atoms with van der Waals surface area (Å²) in [4.78, 5) is 13.9. The number of ether oxygens (including phenoxy) is 1. The molecule has 0 unspecified atom stereocenters. The fourth-order valence-corrected chi connectivity index (χ4v) is 2.91. The first-order valence-corrected chi connectivity index (χ1v) is 8.35. The van der Waals surface area contributed by atoms with Crippen molar-refractivity contribution < 1.29 is 18.3 Å². The summed E-state index contributed by atoms with van der Waals surface area (Å²) in [6, 6.07) is 10.3. The number of alkyl halides is 2. The van der Waals surface area contributed by atoms with Gasteiger partial charge in [0.1, 0.15) is 5.75 Å². The number of hydrogen-bond acceptors (Lipinski definition) is 2. The molecule has 0 atom stereocenters. The minimum atomic E-state index is -2.84. The minimum Gasteiger partial charge on any atom is -0.435 e. The van der Waals surface area contributed by atoms with Crippen LogP contribution in [0, 0.1) is 20.8 Å². The standard InChI is InChI=1S/C20H24F2N2O2/c1-13-9-14(2)18(15(3)10-13)11-23-20(25)24(4)12-16-5-7-17(8-6-16)26-19(21)22/h5-10,19H,11-12H2,1-4H3,(H,23,25). The van der Waals surface area contributed by atoms with Crippen LogP contribution in [0.5, 0.6) is 5.75 Å². The van der Waals surface area contributed by atoms with Crippen LogP contribution in [0.25, 0.3) is 0 Å². The second-order valence-electron chi connectivity index (χ2n) is 6.41. The molecule has 0 aromatic heterocycles. The number of carbonyl (C=O) groups is 1. The Morgan fingerprint density at radius 3 is 2.23 bits per heavy atom. The molecular weight excluding hydrogens is 338 g/mol. The van der Waals surface area contributed by atoms with Crippen molar-refractivity contribution in [2.45, 2.75) is 40.5 Å². The zero-order chi connectivity index (χ0) is 19.3. The SMILES string of the molecule is Cc1cc(C)c(CNC(=O)N(C)Cc2ccc(OC(F)F)cc2)c(C)c1. The summed E-state index contributed by atoms with van der Waals surface area (Å²) in [7, 11) is 1.69. The molecule has 0 saturated carbocycles. The Kier molecular flexibility index (Phi) is 6.55. The van der Waals surface area contributed by atoms with Crippen molar-refractivity contribution in [3.05, 3.63) is 64.2 Å². The number of nitrogens with one attached hydrogen (secondary N) is 1. The lowest BCUT2D eigenvalue weighted by atomic mass is 10.00. The molecule has 0 aliphatic heterocycles. The second kappa shape index (κ2) is 8.65. The number of nitrogens with zero attached hydrogens (tertiary/aromatic N) is 1. The number of urea groups is 1. The van der Waals surface area contributed by atoms with E-state index in [1.54, 1.807) is 24.1 Å². The third-order valence-corrected chi connectivity index (χ3v) is 4.17. The number of hydrogen-bond donors (Lipinski definition) is 1. The van der Waals surface area contributed by atoms with Gasteiger partial charge in [0.25, 0.3) is 0 Å². The molecule has 0 aliphatic rings. The maximum Gasteiger partial charge on any atom is 0.387 e. The zero-order valence-electron chi connectivity index (χ0n) is 15.5. The summed E-state index contributed by atoms with van der Waals surface area (Å²) >= 11 is 0. The zero-order valence-corrected chi connectivity index (χ0v) is 15.5. The molecule has 4 nitrogen and oxygen atoms in total. The smallest absolute Gasteiger partial charge is 0.387 e. The number of carbonyl (C=O) groups excluding carboxylic acids is 1. The van der Waals surface area contributed by atoms with Gasteiger partial charge in [-0.25, -0.2) is 4.79 Å². The Morgan fingerprint density at radius 2 is 1.69 bits per heavy atom. The van der Waals surface area contributed by atoms with E-state index in [0.717, 1.165) is 22.3 Å². The summed E-state index contributed by atoms with van der Waals surface area (Å²) in [6.07, 6.45) is 0. The third kappa shape index (κ3) is 5.44. The van der Waals surface area contributed by atoms with Crippen LogP contribution < -0.4 is 10.1 Å². The van der Waals surface area contributed by atoms with Gasteiger partial charge in [0, 0.05) is 20.1 Å². The van der Waals surface area contributed by atoms with E-state index in [-0.39, 0.29) is 11.8 Å². The predicted molar refractivity (Wildman–Crippen MR) is 97.4 cm³/mol. The monoisotopic (exact) mass is 362 g/mol. The molecule has 0 heterocycles. The highest BCUT2D eigenvalue weighted by Crippen LogP contribution is 2.17. The highest BCUT2D eigenvalue weighted by molar-refractivity contribution is 5.74. The summed E-state index contributed by atoms with van der Waals surface area (Å²) < 4.78 is 28.6. The highest BCUT2D eigenvalue weighted by atomic mass is 19.3. The maximum absolute atomic E-state index is 12.3. The van der Waals surface area contributed by atoms with E-state index in [1.165, 1.54) is 17.7 Å². The molecule has 0 bridgehead atoms. The van der Waals surface area contributed by atoms with E-state index < -0.39 is 6.61 Å². The summed E-state index contributed by atoms with van der Waals surface area (Å²) in [6.45, 7) is 4.11. The van der Waals surface area contributed by atoms with Crippen molar-refractivity contribution in [2.75, 3.05) is 7.05 Å². The Bertz CT molecular complexity index is 738. The summed E-state index contributed by atoms with van der Waals surface area (Å²) in [5, 5.41) is 2.92. The predicted octanol–water partition coefficient (Wildman–Crippen LogP) is 4.55.